The Morgan fingerprint density at radius 2 is 1.87 bits per heavy atom. The summed E-state index contributed by atoms with van der Waals surface area (Å²) in [5, 5.41) is 2.80. The van der Waals surface area contributed by atoms with Gasteiger partial charge in [-0.3, -0.25) is 9.78 Å². The molecule has 1 atom stereocenters. The lowest BCUT2D eigenvalue weighted by Gasteiger charge is -2.15. The number of amides is 1. The minimum Gasteiger partial charge on any atom is -0.452 e. The van der Waals surface area contributed by atoms with Gasteiger partial charge in [0.15, 0.2) is 6.61 Å². The lowest BCUT2D eigenvalue weighted by molar-refractivity contribution is -0.119. The number of benzene rings is 1. The average molecular weight is 312 g/mol. The third kappa shape index (κ3) is 4.64. The fourth-order valence-corrected chi connectivity index (χ4v) is 2.15. The summed E-state index contributed by atoms with van der Waals surface area (Å²) in [7, 11) is 0. The summed E-state index contributed by atoms with van der Waals surface area (Å²) in [5.41, 5.74) is 2.20. The monoisotopic (exact) mass is 312 g/mol. The summed E-state index contributed by atoms with van der Waals surface area (Å²) < 4.78 is 5.01. The summed E-state index contributed by atoms with van der Waals surface area (Å²) >= 11 is 0. The van der Waals surface area contributed by atoms with E-state index < -0.39 is 5.97 Å². The van der Waals surface area contributed by atoms with Crippen LogP contribution < -0.4 is 5.32 Å². The van der Waals surface area contributed by atoms with Gasteiger partial charge in [0.1, 0.15) is 0 Å². The van der Waals surface area contributed by atoms with Gasteiger partial charge in [-0.05, 0) is 36.1 Å². The number of ether oxygens (including phenoxy) is 1. The maximum atomic E-state index is 12.0. The predicted molar refractivity (Wildman–Crippen MR) is 88.3 cm³/mol. The number of carbonyl (C=O) groups is 2. The molecule has 0 aliphatic rings. The van der Waals surface area contributed by atoms with Crippen molar-refractivity contribution in [1.82, 2.24) is 4.98 Å². The van der Waals surface area contributed by atoms with E-state index in [9.17, 15) is 9.59 Å². The molecule has 5 nitrogen and oxygen atoms in total. The zero-order valence-corrected chi connectivity index (χ0v) is 13.3. The summed E-state index contributed by atoms with van der Waals surface area (Å²) in [6.07, 6.45) is 3.97. The van der Waals surface area contributed by atoms with Gasteiger partial charge in [0.25, 0.3) is 5.91 Å². The first kappa shape index (κ1) is 16.7. The number of rotatable bonds is 6. The highest BCUT2D eigenvalue weighted by Crippen LogP contribution is 2.26. The molecular weight excluding hydrogens is 292 g/mol. The smallest absolute Gasteiger partial charge is 0.338 e. The highest BCUT2D eigenvalue weighted by Gasteiger charge is 2.13. The van der Waals surface area contributed by atoms with E-state index in [-0.39, 0.29) is 12.5 Å². The van der Waals surface area contributed by atoms with Crippen molar-refractivity contribution in [2.45, 2.75) is 26.2 Å². The van der Waals surface area contributed by atoms with E-state index in [1.165, 1.54) is 12.4 Å². The number of hydrogen-bond donors (Lipinski definition) is 1. The van der Waals surface area contributed by atoms with E-state index in [1.807, 2.05) is 24.3 Å². The molecule has 1 heterocycles. The molecule has 0 spiro atoms. The molecule has 1 aromatic heterocycles. The molecule has 0 saturated carbocycles. The Balaban J connectivity index is 1.94. The van der Waals surface area contributed by atoms with Crippen LogP contribution in [0.3, 0.4) is 0 Å². The van der Waals surface area contributed by atoms with Crippen LogP contribution >= 0.6 is 0 Å². The average Bonchev–Trinajstić information content (AvgIpc) is 2.60. The Labute approximate surface area is 135 Å². The van der Waals surface area contributed by atoms with Crippen LogP contribution in [0.2, 0.25) is 0 Å². The largest absolute Gasteiger partial charge is 0.452 e. The topological polar surface area (TPSA) is 68.3 Å². The molecule has 1 aromatic carbocycles. The van der Waals surface area contributed by atoms with Gasteiger partial charge < -0.3 is 10.1 Å². The van der Waals surface area contributed by atoms with Crippen LogP contribution in [0.5, 0.6) is 0 Å². The lowest BCUT2D eigenvalue weighted by Crippen LogP contribution is -2.21. The molecule has 23 heavy (non-hydrogen) atoms. The Morgan fingerprint density at radius 3 is 2.57 bits per heavy atom. The number of esters is 1. The lowest BCUT2D eigenvalue weighted by atomic mass is 9.97. The van der Waals surface area contributed by atoms with E-state index in [0.717, 1.165) is 17.7 Å². The number of hydrogen-bond acceptors (Lipinski definition) is 4. The third-order valence-electron chi connectivity index (χ3n) is 3.63. The fourth-order valence-electron chi connectivity index (χ4n) is 2.15. The number of nitrogens with zero attached hydrogens (tertiary/aromatic N) is 1. The number of pyridine rings is 1. The molecule has 0 aliphatic heterocycles. The van der Waals surface area contributed by atoms with Gasteiger partial charge in [0.05, 0.1) is 5.56 Å². The maximum Gasteiger partial charge on any atom is 0.338 e. The van der Waals surface area contributed by atoms with Gasteiger partial charge in [0.2, 0.25) is 0 Å². The normalized spacial score (nSPS) is 11.6. The van der Waals surface area contributed by atoms with Crippen LogP contribution in [0.15, 0.2) is 48.8 Å². The van der Waals surface area contributed by atoms with Crippen molar-refractivity contribution in [3.05, 3.63) is 59.9 Å². The first-order valence-corrected chi connectivity index (χ1v) is 7.57. The number of nitrogens with one attached hydrogen (secondary N) is 1. The van der Waals surface area contributed by atoms with Crippen molar-refractivity contribution >= 4 is 17.6 Å². The molecule has 0 bridgehead atoms. The summed E-state index contributed by atoms with van der Waals surface area (Å²) in [6, 6.07) is 10.7. The van der Waals surface area contributed by atoms with Gasteiger partial charge in [-0.15, -0.1) is 0 Å². The minimum atomic E-state index is -0.544. The molecular formula is C18H20N2O3. The maximum absolute atomic E-state index is 12.0. The van der Waals surface area contributed by atoms with Crippen LogP contribution in [0.4, 0.5) is 5.69 Å². The van der Waals surface area contributed by atoms with E-state index in [1.54, 1.807) is 12.1 Å². The van der Waals surface area contributed by atoms with Crippen LogP contribution in [-0.4, -0.2) is 23.5 Å². The molecule has 0 unspecified atom stereocenters. The number of para-hydroxylation sites is 1. The molecule has 2 aromatic rings. The van der Waals surface area contributed by atoms with E-state index in [2.05, 4.69) is 24.1 Å². The number of anilines is 1. The molecule has 0 aliphatic carbocycles. The molecule has 0 saturated heterocycles. The second-order valence-corrected chi connectivity index (χ2v) is 5.26. The molecule has 1 N–H and O–H groups in total. The molecule has 0 radical (unpaired) electrons. The summed E-state index contributed by atoms with van der Waals surface area (Å²) in [6.45, 7) is 3.88. The van der Waals surface area contributed by atoms with Gasteiger partial charge in [-0.25, -0.2) is 4.79 Å². The Hall–Kier alpha value is -2.69. The summed E-state index contributed by atoms with van der Waals surface area (Å²) in [4.78, 5) is 27.6. The molecule has 5 heteroatoms. The SMILES string of the molecule is CC[C@H](C)c1ccccc1NC(=O)COC(=O)c1ccncc1. The van der Waals surface area contributed by atoms with Gasteiger partial charge in [-0.1, -0.05) is 32.0 Å². The van der Waals surface area contributed by atoms with Gasteiger partial charge in [0, 0.05) is 18.1 Å². The van der Waals surface area contributed by atoms with Crippen LogP contribution in [0.1, 0.15) is 42.1 Å². The predicted octanol–water partition coefficient (Wildman–Crippen LogP) is 3.39. The first-order valence-electron chi connectivity index (χ1n) is 7.57. The van der Waals surface area contributed by atoms with Crippen molar-refractivity contribution < 1.29 is 14.3 Å². The Kier molecular flexibility index (Phi) is 5.86. The second kappa shape index (κ2) is 8.08. The van der Waals surface area contributed by atoms with E-state index >= 15 is 0 Å². The zero-order valence-electron chi connectivity index (χ0n) is 13.3. The second-order valence-electron chi connectivity index (χ2n) is 5.26. The van der Waals surface area contributed by atoms with Crippen molar-refractivity contribution in [3.8, 4) is 0 Å². The highest BCUT2D eigenvalue weighted by atomic mass is 16.5. The molecule has 2 rings (SSSR count). The molecule has 0 fully saturated rings. The zero-order chi connectivity index (χ0) is 16.7. The van der Waals surface area contributed by atoms with Crippen LogP contribution in [0, 0.1) is 0 Å². The van der Waals surface area contributed by atoms with Crippen molar-refractivity contribution in [3.63, 3.8) is 0 Å². The van der Waals surface area contributed by atoms with Gasteiger partial charge in [-0.2, -0.15) is 0 Å². The molecule has 120 valence electrons. The van der Waals surface area contributed by atoms with Crippen LogP contribution in [-0.2, 0) is 9.53 Å². The van der Waals surface area contributed by atoms with Crippen molar-refractivity contribution in [1.29, 1.82) is 0 Å². The molecule has 1 amide bonds. The van der Waals surface area contributed by atoms with E-state index in [4.69, 9.17) is 4.74 Å². The number of carbonyl (C=O) groups excluding carboxylic acids is 2. The van der Waals surface area contributed by atoms with Gasteiger partial charge >= 0.3 is 5.97 Å². The van der Waals surface area contributed by atoms with Crippen molar-refractivity contribution in [2.24, 2.45) is 0 Å². The fraction of sp³-hybridized carbons (Fsp3) is 0.278. The highest BCUT2D eigenvalue weighted by molar-refractivity contribution is 5.95. The Bertz CT molecular complexity index is 671. The number of aromatic nitrogens is 1. The van der Waals surface area contributed by atoms with Crippen molar-refractivity contribution in [2.75, 3.05) is 11.9 Å². The van der Waals surface area contributed by atoms with E-state index in [0.29, 0.717) is 11.5 Å². The quantitative estimate of drug-likeness (QED) is 0.830. The summed E-state index contributed by atoms with van der Waals surface area (Å²) in [5.74, 6) is -0.563. The Morgan fingerprint density at radius 1 is 1.17 bits per heavy atom. The minimum absolute atomic E-state index is 0.323. The first-order chi connectivity index (χ1) is 11.1. The van der Waals surface area contributed by atoms with Crippen LogP contribution in [0.25, 0.3) is 0 Å². The third-order valence-corrected chi connectivity index (χ3v) is 3.63. The standard InChI is InChI=1S/C18H20N2O3/c1-3-13(2)15-6-4-5-7-16(15)20-17(21)12-23-18(22)14-8-10-19-11-9-14/h4-11,13H,3,12H2,1-2H3,(H,20,21)/t13-/m0/s1.